The maximum absolute atomic E-state index is 11.7. The van der Waals surface area contributed by atoms with Crippen molar-refractivity contribution in [1.29, 1.82) is 0 Å². The maximum atomic E-state index is 11.7. The minimum Gasteiger partial charge on any atom is -0.360 e. The molecular formula is C9H17N5O3S2. The summed E-state index contributed by atoms with van der Waals surface area (Å²) in [4.78, 5) is 11.7. The molecule has 1 heterocycles. The lowest BCUT2D eigenvalue weighted by molar-refractivity contribution is 0.0955. The molecule has 0 atom stereocenters. The lowest BCUT2D eigenvalue weighted by Crippen LogP contribution is -2.34. The first-order chi connectivity index (χ1) is 8.98. The van der Waals surface area contributed by atoms with Gasteiger partial charge in [0.2, 0.25) is 20.2 Å². The maximum Gasteiger partial charge on any atom is 0.282 e. The Morgan fingerprint density at radius 1 is 1.26 bits per heavy atom. The largest absolute Gasteiger partial charge is 0.360 e. The van der Waals surface area contributed by atoms with E-state index >= 15 is 0 Å². The summed E-state index contributed by atoms with van der Waals surface area (Å²) < 4.78 is 25.0. The molecule has 10 heteroatoms. The van der Waals surface area contributed by atoms with E-state index in [1.807, 2.05) is 6.92 Å². The van der Waals surface area contributed by atoms with Crippen LogP contribution in [-0.2, 0) is 10.0 Å². The van der Waals surface area contributed by atoms with Crippen LogP contribution in [0.4, 0.5) is 5.13 Å². The standard InChI is InChI=1S/C9H17N5O3S2/c1-3-10-9-14-13-8(18-9)7(15)11-5-6-19(16,17)12-4-2/h12H,3-6H2,1-2H3,(H,10,14)(H,11,15). The number of rotatable bonds is 8. The first-order valence-electron chi connectivity index (χ1n) is 5.81. The van der Waals surface area contributed by atoms with Crippen molar-refractivity contribution in [3.8, 4) is 0 Å². The van der Waals surface area contributed by atoms with E-state index in [0.717, 1.165) is 11.3 Å². The molecule has 0 saturated carbocycles. The fourth-order valence-corrected chi connectivity index (χ4v) is 2.89. The highest BCUT2D eigenvalue weighted by Crippen LogP contribution is 2.14. The first-order valence-corrected chi connectivity index (χ1v) is 8.28. The zero-order chi connectivity index (χ0) is 14.3. The number of amides is 1. The van der Waals surface area contributed by atoms with Crippen LogP contribution in [0.5, 0.6) is 0 Å². The molecule has 108 valence electrons. The molecule has 1 aromatic heterocycles. The Bertz CT molecular complexity index is 514. The zero-order valence-electron chi connectivity index (χ0n) is 10.8. The van der Waals surface area contributed by atoms with Crippen LogP contribution in [0, 0.1) is 0 Å². The lowest BCUT2D eigenvalue weighted by atomic mass is 10.6. The number of hydrogen-bond donors (Lipinski definition) is 3. The van der Waals surface area contributed by atoms with Crippen LogP contribution >= 0.6 is 11.3 Å². The number of anilines is 1. The Balaban J connectivity index is 2.42. The van der Waals surface area contributed by atoms with Gasteiger partial charge in [0.05, 0.1) is 5.75 Å². The second kappa shape index (κ2) is 7.36. The Morgan fingerprint density at radius 2 is 2.00 bits per heavy atom. The third kappa shape index (κ3) is 5.49. The molecule has 1 amide bonds. The number of carbonyl (C=O) groups is 1. The fourth-order valence-electron chi connectivity index (χ4n) is 1.20. The zero-order valence-corrected chi connectivity index (χ0v) is 12.4. The van der Waals surface area contributed by atoms with Gasteiger partial charge in [0.25, 0.3) is 5.91 Å². The predicted molar refractivity (Wildman–Crippen MR) is 73.9 cm³/mol. The van der Waals surface area contributed by atoms with Gasteiger partial charge in [0, 0.05) is 19.6 Å². The molecule has 1 rings (SSSR count). The topological polar surface area (TPSA) is 113 Å². The summed E-state index contributed by atoms with van der Waals surface area (Å²) in [5.41, 5.74) is 0. The second-order valence-electron chi connectivity index (χ2n) is 3.52. The van der Waals surface area contributed by atoms with Gasteiger partial charge in [-0.3, -0.25) is 4.79 Å². The monoisotopic (exact) mass is 307 g/mol. The minimum absolute atomic E-state index is 0.0320. The molecule has 0 radical (unpaired) electrons. The van der Waals surface area contributed by atoms with Crippen molar-refractivity contribution in [2.45, 2.75) is 13.8 Å². The number of carbonyl (C=O) groups excluding carboxylic acids is 1. The van der Waals surface area contributed by atoms with Crippen molar-refractivity contribution in [3.63, 3.8) is 0 Å². The van der Waals surface area contributed by atoms with Crippen molar-refractivity contribution in [2.24, 2.45) is 0 Å². The smallest absolute Gasteiger partial charge is 0.282 e. The lowest BCUT2D eigenvalue weighted by Gasteiger charge is -2.04. The highest BCUT2D eigenvalue weighted by Gasteiger charge is 2.14. The number of aromatic nitrogens is 2. The van der Waals surface area contributed by atoms with Gasteiger partial charge in [-0.05, 0) is 6.92 Å². The van der Waals surface area contributed by atoms with E-state index in [1.165, 1.54) is 0 Å². The molecule has 1 aromatic rings. The summed E-state index contributed by atoms with van der Waals surface area (Å²) in [6.45, 7) is 4.66. The Hall–Kier alpha value is -1.26. The van der Waals surface area contributed by atoms with Gasteiger partial charge >= 0.3 is 0 Å². The summed E-state index contributed by atoms with van der Waals surface area (Å²) in [6.07, 6.45) is 0. The second-order valence-corrected chi connectivity index (χ2v) is 6.42. The Labute approximate surface area is 116 Å². The quantitative estimate of drug-likeness (QED) is 0.604. The molecule has 0 bridgehead atoms. The summed E-state index contributed by atoms with van der Waals surface area (Å²) in [5, 5.41) is 13.7. The van der Waals surface area contributed by atoms with E-state index < -0.39 is 15.9 Å². The third-order valence-electron chi connectivity index (χ3n) is 1.97. The molecule has 0 aliphatic carbocycles. The SMILES string of the molecule is CCNc1nnc(C(=O)NCCS(=O)(=O)NCC)s1. The highest BCUT2D eigenvalue weighted by molar-refractivity contribution is 7.89. The van der Waals surface area contributed by atoms with Crippen LogP contribution in [0.2, 0.25) is 0 Å². The number of hydrogen-bond acceptors (Lipinski definition) is 7. The summed E-state index contributed by atoms with van der Waals surface area (Å²) in [5.74, 6) is -0.584. The van der Waals surface area contributed by atoms with E-state index in [9.17, 15) is 13.2 Å². The first kappa shape index (κ1) is 15.8. The van der Waals surface area contributed by atoms with Crippen molar-refractivity contribution in [1.82, 2.24) is 20.2 Å². The van der Waals surface area contributed by atoms with Crippen molar-refractivity contribution in [2.75, 3.05) is 30.7 Å². The minimum atomic E-state index is -3.32. The fraction of sp³-hybridized carbons (Fsp3) is 0.667. The van der Waals surface area contributed by atoms with E-state index in [2.05, 4.69) is 25.6 Å². The van der Waals surface area contributed by atoms with Gasteiger partial charge in [-0.15, -0.1) is 10.2 Å². The van der Waals surface area contributed by atoms with E-state index in [1.54, 1.807) is 6.92 Å². The molecule has 3 N–H and O–H groups in total. The average Bonchev–Trinajstić information content (AvgIpc) is 2.77. The normalized spacial score (nSPS) is 11.3. The van der Waals surface area contributed by atoms with Gasteiger partial charge in [-0.25, -0.2) is 13.1 Å². The molecular weight excluding hydrogens is 290 g/mol. The van der Waals surface area contributed by atoms with Gasteiger partial charge in [-0.2, -0.15) is 0 Å². The highest BCUT2D eigenvalue weighted by atomic mass is 32.2. The number of nitrogens with zero attached hydrogens (tertiary/aromatic N) is 2. The molecule has 0 saturated heterocycles. The van der Waals surface area contributed by atoms with E-state index in [-0.39, 0.29) is 17.3 Å². The average molecular weight is 307 g/mol. The summed E-state index contributed by atoms with van der Waals surface area (Å²) in [6, 6.07) is 0. The Kier molecular flexibility index (Phi) is 6.12. The molecule has 0 aliphatic rings. The predicted octanol–water partition coefficient (Wildman–Crippen LogP) is -0.361. The molecule has 0 aromatic carbocycles. The number of sulfonamides is 1. The van der Waals surface area contributed by atoms with Gasteiger partial charge < -0.3 is 10.6 Å². The molecule has 8 nitrogen and oxygen atoms in total. The molecule has 0 fully saturated rings. The van der Waals surface area contributed by atoms with Crippen LogP contribution in [0.1, 0.15) is 23.6 Å². The van der Waals surface area contributed by atoms with Crippen molar-refractivity contribution >= 4 is 32.4 Å². The molecule has 0 aliphatic heterocycles. The third-order valence-corrected chi connectivity index (χ3v) is 4.32. The van der Waals surface area contributed by atoms with Crippen LogP contribution in [0.15, 0.2) is 0 Å². The van der Waals surface area contributed by atoms with Crippen LogP contribution < -0.4 is 15.4 Å². The van der Waals surface area contributed by atoms with Crippen molar-refractivity contribution < 1.29 is 13.2 Å². The van der Waals surface area contributed by atoms with E-state index in [4.69, 9.17) is 0 Å². The molecule has 0 unspecified atom stereocenters. The van der Waals surface area contributed by atoms with Crippen LogP contribution in [-0.4, -0.2) is 49.9 Å². The Morgan fingerprint density at radius 3 is 2.63 bits per heavy atom. The number of nitrogens with one attached hydrogen (secondary N) is 3. The van der Waals surface area contributed by atoms with Crippen LogP contribution in [0.25, 0.3) is 0 Å². The summed E-state index contributed by atoms with van der Waals surface area (Å²) >= 11 is 1.12. The van der Waals surface area contributed by atoms with Gasteiger partial charge in [0.1, 0.15) is 0 Å². The van der Waals surface area contributed by atoms with E-state index in [0.29, 0.717) is 18.2 Å². The van der Waals surface area contributed by atoms with Crippen molar-refractivity contribution in [3.05, 3.63) is 5.01 Å². The molecule has 19 heavy (non-hydrogen) atoms. The van der Waals surface area contributed by atoms with Crippen LogP contribution in [0.3, 0.4) is 0 Å². The summed E-state index contributed by atoms with van der Waals surface area (Å²) in [7, 11) is -3.32. The molecule has 0 spiro atoms. The van der Waals surface area contributed by atoms with Gasteiger partial charge in [-0.1, -0.05) is 18.3 Å². The van der Waals surface area contributed by atoms with Gasteiger partial charge in [0.15, 0.2) is 0 Å².